The molecule has 2 aliphatic heterocycles. The third-order valence-electron chi connectivity index (χ3n) is 5.62. The maximum Gasteiger partial charge on any atom is 0.258 e. The van der Waals surface area contributed by atoms with Crippen LogP contribution in [0.4, 0.5) is 14.5 Å². The van der Waals surface area contributed by atoms with Crippen LogP contribution >= 0.6 is 0 Å². The first-order valence-electron chi connectivity index (χ1n) is 10.2. The molecule has 1 amide bonds. The Bertz CT molecular complexity index is 1040. The lowest BCUT2D eigenvalue weighted by atomic mass is 9.97. The Balaban J connectivity index is 1.54. The molecule has 0 spiro atoms. The monoisotopic (exact) mass is 409 g/mol. The predicted molar refractivity (Wildman–Crippen MR) is 116 cm³/mol. The second kappa shape index (κ2) is 8.90. The smallest absolute Gasteiger partial charge is 0.258 e. The fourth-order valence-corrected chi connectivity index (χ4v) is 3.90. The van der Waals surface area contributed by atoms with Crippen LogP contribution in [-0.2, 0) is 0 Å². The van der Waals surface area contributed by atoms with Crippen molar-refractivity contribution in [3.8, 4) is 0 Å². The van der Waals surface area contributed by atoms with Crippen molar-refractivity contribution in [1.29, 1.82) is 0 Å². The molecule has 2 aromatic carbocycles. The number of hydrogen-bond donors (Lipinski definition) is 3. The van der Waals surface area contributed by atoms with Gasteiger partial charge in [0, 0.05) is 24.3 Å². The first-order valence-corrected chi connectivity index (χ1v) is 10.2. The Morgan fingerprint density at radius 1 is 0.933 bits per heavy atom. The number of anilines is 1. The van der Waals surface area contributed by atoms with Crippen LogP contribution < -0.4 is 16.0 Å². The van der Waals surface area contributed by atoms with Gasteiger partial charge < -0.3 is 16.0 Å². The fraction of sp³-hybridized carbons (Fsp3) is 0.292. The van der Waals surface area contributed by atoms with Crippen LogP contribution in [0.2, 0.25) is 0 Å². The van der Waals surface area contributed by atoms with E-state index in [4.69, 9.17) is 0 Å². The minimum absolute atomic E-state index is 0.0572. The molecule has 0 fully saturated rings. The van der Waals surface area contributed by atoms with Gasteiger partial charge in [-0.05, 0) is 79.4 Å². The second-order valence-corrected chi connectivity index (χ2v) is 7.66. The molecule has 30 heavy (non-hydrogen) atoms. The van der Waals surface area contributed by atoms with Crippen molar-refractivity contribution in [1.82, 2.24) is 10.6 Å². The molecule has 0 aliphatic carbocycles. The molecule has 0 saturated heterocycles. The fourth-order valence-electron chi connectivity index (χ4n) is 3.90. The number of aryl methyl sites for hydroxylation is 1. The number of carbonyl (C=O) groups excluding carboxylic acids is 1. The van der Waals surface area contributed by atoms with E-state index in [1.54, 1.807) is 12.1 Å². The van der Waals surface area contributed by atoms with E-state index in [2.05, 4.69) is 16.0 Å². The molecule has 0 unspecified atom stereocenters. The number of halogens is 2. The minimum Gasteiger partial charge on any atom is -0.322 e. The summed E-state index contributed by atoms with van der Waals surface area (Å²) < 4.78 is 29.4. The molecule has 0 aromatic heterocycles. The van der Waals surface area contributed by atoms with Crippen LogP contribution in [0.1, 0.15) is 39.9 Å². The molecule has 3 N–H and O–H groups in total. The van der Waals surface area contributed by atoms with Gasteiger partial charge in [0.15, 0.2) is 0 Å². The van der Waals surface area contributed by atoms with E-state index in [-0.39, 0.29) is 5.56 Å². The van der Waals surface area contributed by atoms with Gasteiger partial charge >= 0.3 is 0 Å². The Hall–Kier alpha value is -2.83. The van der Waals surface area contributed by atoms with Gasteiger partial charge in [0.1, 0.15) is 11.6 Å². The highest BCUT2D eigenvalue weighted by Crippen LogP contribution is 2.29. The van der Waals surface area contributed by atoms with Gasteiger partial charge in [0.2, 0.25) is 0 Å². The number of carbonyl (C=O) groups is 1. The third kappa shape index (κ3) is 4.35. The van der Waals surface area contributed by atoms with E-state index in [0.29, 0.717) is 11.3 Å². The van der Waals surface area contributed by atoms with Crippen molar-refractivity contribution >= 4 is 22.7 Å². The molecule has 156 valence electrons. The maximum atomic E-state index is 14.7. The largest absolute Gasteiger partial charge is 0.322 e. The summed E-state index contributed by atoms with van der Waals surface area (Å²) in [6.07, 6.45) is 5.59. The Morgan fingerprint density at radius 2 is 1.63 bits per heavy atom. The van der Waals surface area contributed by atoms with Gasteiger partial charge in [-0.2, -0.15) is 0 Å². The van der Waals surface area contributed by atoms with Gasteiger partial charge in [0.25, 0.3) is 5.91 Å². The summed E-state index contributed by atoms with van der Waals surface area (Å²) in [4.78, 5) is 12.7. The molecule has 0 radical (unpaired) electrons. The zero-order valence-electron chi connectivity index (χ0n) is 16.9. The topological polar surface area (TPSA) is 53.2 Å². The van der Waals surface area contributed by atoms with Crippen LogP contribution in [-0.4, -0.2) is 32.1 Å². The second-order valence-electron chi connectivity index (χ2n) is 7.66. The van der Waals surface area contributed by atoms with E-state index in [0.717, 1.165) is 61.3 Å². The standard InChI is InChI=1S/C24H25F2N3O/c1-15-12-20(17-6-10-28-11-7-17)22(26)14-23(15)29-24(30)19-3-2-18(13-21(19)25)16-4-8-27-9-5-16/h2-4,6,12-14,27-28H,5,7-11H2,1H3,(H,29,30). The summed E-state index contributed by atoms with van der Waals surface area (Å²) in [5, 5.41) is 9.09. The van der Waals surface area contributed by atoms with E-state index in [9.17, 15) is 13.6 Å². The van der Waals surface area contributed by atoms with E-state index < -0.39 is 17.5 Å². The van der Waals surface area contributed by atoms with Gasteiger partial charge in [0.05, 0.1) is 5.56 Å². The lowest BCUT2D eigenvalue weighted by Gasteiger charge is -2.17. The van der Waals surface area contributed by atoms with Crippen LogP contribution in [0.3, 0.4) is 0 Å². The average molecular weight is 409 g/mol. The molecule has 0 atom stereocenters. The molecule has 2 heterocycles. The van der Waals surface area contributed by atoms with Crippen LogP contribution in [0.15, 0.2) is 42.5 Å². The van der Waals surface area contributed by atoms with Crippen LogP contribution in [0.5, 0.6) is 0 Å². The SMILES string of the molecule is Cc1cc(C2=CCNCC2)c(F)cc1NC(=O)c1ccc(C2=CCNCC2)cc1F. The van der Waals surface area contributed by atoms with Gasteiger partial charge in [-0.15, -0.1) is 0 Å². The molecule has 4 nitrogen and oxygen atoms in total. The summed E-state index contributed by atoms with van der Waals surface area (Å²) in [6, 6.07) is 7.70. The lowest BCUT2D eigenvalue weighted by Crippen LogP contribution is -2.20. The molecule has 0 saturated carbocycles. The van der Waals surface area contributed by atoms with Crippen molar-refractivity contribution < 1.29 is 13.6 Å². The summed E-state index contributed by atoms with van der Waals surface area (Å²) in [5.41, 5.74) is 4.39. The van der Waals surface area contributed by atoms with Gasteiger partial charge in [-0.1, -0.05) is 18.2 Å². The molecule has 0 bridgehead atoms. The summed E-state index contributed by atoms with van der Waals surface area (Å²) >= 11 is 0. The Kier molecular flexibility index (Phi) is 6.06. The van der Waals surface area contributed by atoms with E-state index >= 15 is 0 Å². The zero-order valence-corrected chi connectivity index (χ0v) is 16.9. The molecular weight excluding hydrogens is 384 g/mol. The lowest BCUT2D eigenvalue weighted by molar-refractivity contribution is 0.102. The Labute approximate surface area is 175 Å². The van der Waals surface area contributed by atoms with Gasteiger partial charge in [-0.3, -0.25) is 4.79 Å². The molecular formula is C24H25F2N3O. The Morgan fingerprint density at radius 3 is 2.27 bits per heavy atom. The first kappa shape index (κ1) is 20.4. The summed E-state index contributed by atoms with van der Waals surface area (Å²) in [7, 11) is 0. The number of hydrogen-bond acceptors (Lipinski definition) is 3. The van der Waals surface area contributed by atoms with Crippen LogP contribution in [0, 0.1) is 18.6 Å². The normalized spacial score (nSPS) is 16.6. The van der Waals surface area contributed by atoms with Crippen LogP contribution in [0.25, 0.3) is 11.1 Å². The minimum atomic E-state index is -0.588. The maximum absolute atomic E-state index is 14.7. The molecule has 2 aliphatic rings. The van der Waals surface area contributed by atoms with Crippen molar-refractivity contribution in [3.63, 3.8) is 0 Å². The molecule has 2 aromatic rings. The number of amides is 1. The highest BCUT2D eigenvalue weighted by molar-refractivity contribution is 6.05. The van der Waals surface area contributed by atoms with Crippen molar-refractivity contribution in [2.45, 2.75) is 19.8 Å². The van der Waals surface area contributed by atoms with Crippen molar-refractivity contribution in [3.05, 3.63) is 76.4 Å². The number of rotatable bonds is 4. The summed E-state index contributed by atoms with van der Waals surface area (Å²) in [6.45, 7) is 4.95. The molecule has 4 rings (SSSR count). The van der Waals surface area contributed by atoms with E-state index in [1.807, 2.05) is 19.1 Å². The third-order valence-corrected chi connectivity index (χ3v) is 5.62. The highest BCUT2D eigenvalue weighted by atomic mass is 19.1. The highest BCUT2D eigenvalue weighted by Gasteiger charge is 2.18. The first-order chi connectivity index (χ1) is 14.5. The summed E-state index contributed by atoms with van der Waals surface area (Å²) in [5.74, 6) is -1.56. The average Bonchev–Trinajstić information content (AvgIpc) is 2.77. The zero-order chi connectivity index (χ0) is 21.1. The molecule has 6 heteroatoms. The number of benzene rings is 2. The number of nitrogens with one attached hydrogen (secondary N) is 3. The predicted octanol–water partition coefficient (Wildman–Crippen LogP) is 4.28. The van der Waals surface area contributed by atoms with Crippen molar-refractivity contribution in [2.24, 2.45) is 0 Å². The van der Waals surface area contributed by atoms with Crippen molar-refractivity contribution in [2.75, 3.05) is 31.5 Å². The quantitative estimate of drug-likeness (QED) is 0.707. The van der Waals surface area contributed by atoms with Gasteiger partial charge in [-0.25, -0.2) is 8.78 Å². The van der Waals surface area contributed by atoms with E-state index in [1.165, 1.54) is 18.2 Å².